The van der Waals surface area contributed by atoms with Crippen molar-refractivity contribution in [3.8, 4) is 5.75 Å². The van der Waals surface area contributed by atoms with Crippen LogP contribution in [0.15, 0.2) is 35.0 Å². The smallest absolute Gasteiger partial charge is 0.124 e. The highest BCUT2D eigenvalue weighted by Crippen LogP contribution is 2.27. The first kappa shape index (κ1) is 15.0. The molecule has 0 fully saturated rings. The number of benzene rings is 1. The Morgan fingerprint density at radius 1 is 1.35 bits per heavy atom. The molecule has 0 amide bonds. The minimum Gasteiger partial charge on any atom is -0.489 e. The lowest BCUT2D eigenvalue weighted by atomic mass is 10.1. The Morgan fingerprint density at radius 2 is 2.20 bits per heavy atom. The van der Waals surface area contributed by atoms with E-state index >= 15 is 0 Å². The average molecular weight is 293 g/mol. The van der Waals surface area contributed by atoms with Gasteiger partial charge in [0.15, 0.2) is 0 Å². The van der Waals surface area contributed by atoms with Crippen LogP contribution >= 0.6 is 11.3 Å². The fraction of sp³-hybridized carbons (Fsp3) is 0.375. The summed E-state index contributed by atoms with van der Waals surface area (Å²) < 4.78 is 19.3. The van der Waals surface area contributed by atoms with E-state index in [0.29, 0.717) is 6.61 Å². The lowest BCUT2D eigenvalue weighted by Crippen LogP contribution is -2.20. The van der Waals surface area contributed by atoms with Crippen LogP contribution in [0.2, 0.25) is 0 Å². The topological polar surface area (TPSA) is 21.3 Å². The predicted octanol–water partition coefficient (Wildman–Crippen LogP) is 4.53. The summed E-state index contributed by atoms with van der Waals surface area (Å²) >= 11 is 1.65. The number of nitrogens with one attached hydrogen (secondary N) is 1. The molecule has 20 heavy (non-hydrogen) atoms. The van der Waals surface area contributed by atoms with E-state index in [2.05, 4.69) is 17.6 Å². The summed E-state index contributed by atoms with van der Waals surface area (Å²) in [6.45, 7) is 5.56. The van der Waals surface area contributed by atoms with Crippen LogP contribution in [0.1, 0.15) is 37.4 Å². The van der Waals surface area contributed by atoms with Gasteiger partial charge < -0.3 is 10.1 Å². The number of hydrogen-bond donors (Lipinski definition) is 1. The van der Waals surface area contributed by atoms with Crippen LogP contribution in [0, 0.1) is 5.82 Å². The number of hydrogen-bond acceptors (Lipinski definition) is 3. The van der Waals surface area contributed by atoms with Gasteiger partial charge >= 0.3 is 0 Å². The largest absolute Gasteiger partial charge is 0.489 e. The predicted molar refractivity (Wildman–Crippen MR) is 81.8 cm³/mol. The van der Waals surface area contributed by atoms with Gasteiger partial charge in [-0.15, -0.1) is 0 Å². The van der Waals surface area contributed by atoms with Gasteiger partial charge in [-0.2, -0.15) is 11.3 Å². The molecule has 1 N–H and O–H groups in total. The van der Waals surface area contributed by atoms with E-state index in [9.17, 15) is 4.39 Å². The first-order chi connectivity index (χ1) is 9.70. The van der Waals surface area contributed by atoms with Gasteiger partial charge in [-0.3, -0.25) is 0 Å². The van der Waals surface area contributed by atoms with Crippen LogP contribution in [0.4, 0.5) is 4.39 Å². The first-order valence-corrected chi connectivity index (χ1v) is 7.81. The van der Waals surface area contributed by atoms with Crippen molar-refractivity contribution < 1.29 is 9.13 Å². The van der Waals surface area contributed by atoms with Gasteiger partial charge in [0.1, 0.15) is 18.2 Å². The molecule has 2 aromatic rings. The maximum atomic E-state index is 13.5. The summed E-state index contributed by atoms with van der Waals surface area (Å²) in [6.07, 6.45) is 1.05. The van der Waals surface area contributed by atoms with E-state index in [1.54, 1.807) is 23.5 Å². The van der Waals surface area contributed by atoms with E-state index in [1.165, 1.54) is 6.07 Å². The van der Waals surface area contributed by atoms with E-state index in [4.69, 9.17) is 4.74 Å². The summed E-state index contributed by atoms with van der Waals surface area (Å²) in [4.78, 5) is 0. The Morgan fingerprint density at radius 3 is 2.90 bits per heavy atom. The maximum Gasteiger partial charge on any atom is 0.124 e. The molecular weight excluding hydrogens is 273 g/mol. The molecule has 0 aliphatic heterocycles. The summed E-state index contributed by atoms with van der Waals surface area (Å²) in [7, 11) is 0. The monoisotopic (exact) mass is 293 g/mol. The normalized spacial score (nSPS) is 12.3. The maximum absolute atomic E-state index is 13.5. The van der Waals surface area contributed by atoms with E-state index < -0.39 is 0 Å². The minimum absolute atomic E-state index is 0.0723. The molecule has 1 aromatic heterocycles. The van der Waals surface area contributed by atoms with Crippen molar-refractivity contribution in [2.75, 3.05) is 6.54 Å². The molecule has 4 heteroatoms. The zero-order valence-electron chi connectivity index (χ0n) is 11.9. The Labute approximate surface area is 123 Å². The summed E-state index contributed by atoms with van der Waals surface area (Å²) in [5.74, 6) is 0.515. The Bertz CT molecular complexity index is 527. The highest BCUT2D eigenvalue weighted by molar-refractivity contribution is 7.07. The molecule has 0 saturated heterocycles. The molecule has 0 bridgehead atoms. The molecule has 2 rings (SSSR count). The standard InChI is InChI=1S/C16H20FNOS/c1-3-7-18-12(2)15-9-14(17)4-5-16(15)19-10-13-6-8-20-11-13/h4-6,8-9,11-12,18H,3,7,10H2,1-2H3. The quantitative estimate of drug-likeness (QED) is 0.810. The van der Waals surface area contributed by atoms with Crippen LogP contribution in [0.3, 0.4) is 0 Å². The van der Waals surface area contributed by atoms with Gasteiger partial charge in [0, 0.05) is 11.6 Å². The van der Waals surface area contributed by atoms with Crippen molar-refractivity contribution in [2.24, 2.45) is 0 Å². The first-order valence-electron chi connectivity index (χ1n) is 6.87. The van der Waals surface area contributed by atoms with Crippen molar-refractivity contribution in [1.29, 1.82) is 0 Å². The summed E-state index contributed by atoms with van der Waals surface area (Å²) in [5.41, 5.74) is 2.01. The molecule has 0 radical (unpaired) electrons. The van der Waals surface area contributed by atoms with Crippen LogP contribution in [-0.4, -0.2) is 6.54 Å². The zero-order valence-corrected chi connectivity index (χ0v) is 12.7. The second-order valence-electron chi connectivity index (χ2n) is 4.78. The minimum atomic E-state index is -0.229. The molecule has 0 saturated carbocycles. The third kappa shape index (κ3) is 4.05. The van der Waals surface area contributed by atoms with E-state index in [0.717, 1.165) is 29.8 Å². The van der Waals surface area contributed by atoms with Gasteiger partial charge in [0.25, 0.3) is 0 Å². The summed E-state index contributed by atoms with van der Waals surface area (Å²) in [5, 5.41) is 7.45. The Hall–Kier alpha value is -1.39. The lowest BCUT2D eigenvalue weighted by Gasteiger charge is -2.18. The van der Waals surface area contributed by atoms with Crippen molar-refractivity contribution >= 4 is 11.3 Å². The van der Waals surface area contributed by atoms with Gasteiger partial charge in [0.2, 0.25) is 0 Å². The van der Waals surface area contributed by atoms with Crippen LogP contribution < -0.4 is 10.1 Å². The van der Waals surface area contributed by atoms with Crippen molar-refractivity contribution in [1.82, 2.24) is 5.32 Å². The van der Waals surface area contributed by atoms with Crippen LogP contribution in [0.5, 0.6) is 5.75 Å². The number of halogens is 1. The van der Waals surface area contributed by atoms with E-state index in [1.807, 2.05) is 18.4 Å². The van der Waals surface area contributed by atoms with Crippen LogP contribution in [0.25, 0.3) is 0 Å². The number of ether oxygens (including phenoxy) is 1. The molecule has 0 aliphatic carbocycles. The Kier molecular flexibility index (Phi) is 5.56. The highest BCUT2D eigenvalue weighted by atomic mass is 32.1. The van der Waals surface area contributed by atoms with Gasteiger partial charge in [-0.05, 0) is 60.5 Å². The second kappa shape index (κ2) is 7.41. The lowest BCUT2D eigenvalue weighted by molar-refractivity contribution is 0.299. The second-order valence-corrected chi connectivity index (χ2v) is 5.56. The van der Waals surface area contributed by atoms with E-state index in [-0.39, 0.29) is 11.9 Å². The molecule has 0 spiro atoms. The molecule has 2 nitrogen and oxygen atoms in total. The highest BCUT2D eigenvalue weighted by Gasteiger charge is 2.12. The van der Waals surface area contributed by atoms with Crippen LogP contribution in [-0.2, 0) is 6.61 Å². The molecule has 1 unspecified atom stereocenters. The number of rotatable bonds is 7. The van der Waals surface area contributed by atoms with Crippen molar-refractivity contribution in [3.63, 3.8) is 0 Å². The number of thiophene rings is 1. The van der Waals surface area contributed by atoms with Crippen molar-refractivity contribution in [2.45, 2.75) is 32.9 Å². The molecule has 1 heterocycles. The third-order valence-corrected chi connectivity index (χ3v) is 3.85. The van der Waals surface area contributed by atoms with Crippen molar-refractivity contribution in [3.05, 3.63) is 52.0 Å². The molecule has 1 aromatic carbocycles. The SMILES string of the molecule is CCCNC(C)c1cc(F)ccc1OCc1ccsc1. The molecular formula is C16H20FNOS. The molecule has 108 valence electrons. The molecule has 1 atom stereocenters. The zero-order chi connectivity index (χ0) is 14.4. The average Bonchev–Trinajstić information content (AvgIpc) is 2.96. The fourth-order valence-electron chi connectivity index (χ4n) is 2.00. The summed E-state index contributed by atoms with van der Waals surface area (Å²) in [6, 6.07) is 6.81. The van der Waals surface area contributed by atoms with Gasteiger partial charge in [-0.1, -0.05) is 6.92 Å². The third-order valence-electron chi connectivity index (χ3n) is 3.11. The van der Waals surface area contributed by atoms with Gasteiger partial charge in [0.05, 0.1) is 0 Å². The molecule has 0 aliphatic rings. The fourth-order valence-corrected chi connectivity index (χ4v) is 2.65. The Balaban J connectivity index is 2.10. The van der Waals surface area contributed by atoms with Gasteiger partial charge in [-0.25, -0.2) is 4.39 Å².